The molecule has 2 aliphatic rings. The number of hydrogen-bond acceptors (Lipinski definition) is 4. The van der Waals surface area contributed by atoms with Crippen molar-refractivity contribution in [3.8, 4) is 0 Å². The Bertz CT molecular complexity index is 1010. The molecule has 150 valence electrons. The first kappa shape index (κ1) is 19.9. The molecular weight excluding hydrogens is 434 g/mol. The Balaban J connectivity index is 1.73. The number of ether oxygens (including phenoxy) is 2. The summed E-state index contributed by atoms with van der Waals surface area (Å²) >= 11 is 3.64. The molecule has 2 aromatic carbocycles. The minimum atomic E-state index is -1.01. The van der Waals surface area contributed by atoms with Crippen molar-refractivity contribution in [3.05, 3.63) is 75.3 Å². The summed E-state index contributed by atoms with van der Waals surface area (Å²) in [5.74, 6) is -0.440. The summed E-state index contributed by atoms with van der Waals surface area (Å²) < 4.78 is 11.9. The fraction of sp³-hybridized carbons (Fsp3) is 0.304. The summed E-state index contributed by atoms with van der Waals surface area (Å²) in [6.07, 6.45) is 2.44. The van der Waals surface area contributed by atoms with Gasteiger partial charge in [-0.1, -0.05) is 45.8 Å². The van der Waals surface area contributed by atoms with E-state index in [0.29, 0.717) is 18.5 Å². The number of esters is 1. The van der Waals surface area contributed by atoms with E-state index >= 15 is 0 Å². The van der Waals surface area contributed by atoms with Crippen LogP contribution in [0.15, 0.2) is 58.6 Å². The predicted octanol–water partition coefficient (Wildman–Crippen LogP) is 4.73. The lowest BCUT2D eigenvalue weighted by Crippen LogP contribution is -2.45. The number of methoxy groups -OCH3 is 1. The summed E-state index contributed by atoms with van der Waals surface area (Å²) in [6.45, 7) is 4.40. The second-order valence-corrected chi connectivity index (χ2v) is 8.41. The quantitative estimate of drug-likeness (QED) is 0.495. The van der Waals surface area contributed by atoms with Crippen LogP contribution in [0, 0.1) is 0 Å². The van der Waals surface area contributed by atoms with Crippen LogP contribution in [-0.2, 0) is 26.4 Å². The maximum absolute atomic E-state index is 13.7. The van der Waals surface area contributed by atoms with Gasteiger partial charge in [0.25, 0.3) is 5.91 Å². The normalized spacial score (nSPS) is 23.2. The molecule has 0 radical (unpaired) electrons. The third kappa shape index (κ3) is 3.30. The van der Waals surface area contributed by atoms with Crippen LogP contribution in [0.25, 0.3) is 0 Å². The van der Waals surface area contributed by atoms with Crippen molar-refractivity contribution in [1.29, 1.82) is 0 Å². The van der Waals surface area contributed by atoms with E-state index in [4.69, 9.17) is 9.47 Å². The van der Waals surface area contributed by atoms with Crippen molar-refractivity contribution < 1.29 is 19.1 Å². The highest BCUT2D eigenvalue weighted by molar-refractivity contribution is 9.10. The number of hydrogen-bond donors (Lipinski definition) is 0. The molecule has 2 aliphatic heterocycles. The van der Waals surface area contributed by atoms with Gasteiger partial charge in [-0.3, -0.25) is 4.79 Å². The molecule has 2 heterocycles. The maximum Gasteiger partial charge on any atom is 0.337 e. The first-order valence-corrected chi connectivity index (χ1v) is 10.3. The van der Waals surface area contributed by atoms with Crippen molar-refractivity contribution in [2.75, 3.05) is 12.0 Å². The Labute approximate surface area is 178 Å². The van der Waals surface area contributed by atoms with Crippen LogP contribution < -0.4 is 4.90 Å². The summed E-state index contributed by atoms with van der Waals surface area (Å²) in [6, 6.07) is 12.9. The van der Waals surface area contributed by atoms with Gasteiger partial charge in [0, 0.05) is 16.5 Å². The monoisotopic (exact) mass is 455 g/mol. The predicted molar refractivity (Wildman–Crippen MR) is 114 cm³/mol. The fourth-order valence-corrected chi connectivity index (χ4v) is 4.97. The first-order valence-electron chi connectivity index (χ1n) is 9.49. The minimum Gasteiger partial charge on any atom is -0.465 e. The van der Waals surface area contributed by atoms with Crippen LogP contribution >= 0.6 is 15.9 Å². The average molecular weight is 456 g/mol. The minimum absolute atomic E-state index is 0.0595. The zero-order chi connectivity index (χ0) is 20.8. The van der Waals surface area contributed by atoms with Gasteiger partial charge < -0.3 is 14.4 Å². The van der Waals surface area contributed by atoms with E-state index in [1.54, 1.807) is 17.0 Å². The molecule has 0 N–H and O–H groups in total. The number of carbonyl (C=O) groups is 2. The van der Waals surface area contributed by atoms with Crippen LogP contribution in [0.2, 0.25) is 0 Å². The lowest BCUT2D eigenvalue weighted by molar-refractivity contribution is -0.150. The Morgan fingerprint density at radius 1 is 1.28 bits per heavy atom. The number of fused-ring (bicyclic) bond motifs is 2. The Morgan fingerprint density at radius 3 is 2.66 bits per heavy atom. The van der Waals surface area contributed by atoms with Gasteiger partial charge in [-0.05, 0) is 43.7 Å². The first-order chi connectivity index (χ1) is 13.9. The molecule has 1 unspecified atom stereocenters. The summed E-state index contributed by atoms with van der Waals surface area (Å²) in [5.41, 5.74) is 3.26. The molecule has 0 aromatic heterocycles. The number of rotatable bonds is 3. The van der Waals surface area contributed by atoms with Crippen LogP contribution in [0.1, 0.15) is 41.8 Å². The molecule has 0 bridgehead atoms. The molecule has 4 rings (SSSR count). The zero-order valence-corrected chi connectivity index (χ0v) is 18.2. The highest BCUT2D eigenvalue weighted by Gasteiger charge is 2.54. The molecule has 5 nitrogen and oxygen atoms in total. The fourth-order valence-electron chi connectivity index (χ4n) is 4.29. The summed E-state index contributed by atoms with van der Waals surface area (Å²) in [7, 11) is 1.36. The topological polar surface area (TPSA) is 55.8 Å². The Hall–Kier alpha value is -2.44. The van der Waals surface area contributed by atoms with Crippen LogP contribution in [0.5, 0.6) is 0 Å². The van der Waals surface area contributed by atoms with Gasteiger partial charge >= 0.3 is 5.97 Å². The molecule has 2 aromatic rings. The van der Waals surface area contributed by atoms with Gasteiger partial charge in [-0.15, -0.1) is 0 Å². The molecule has 0 saturated carbocycles. The maximum atomic E-state index is 13.7. The van der Waals surface area contributed by atoms with E-state index in [0.717, 1.165) is 26.9 Å². The van der Waals surface area contributed by atoms with Gasteiger partial charge in [-0.2, -0.15) is 0 Å². The van der Waals surface area contributed by atoms with E-state index in [-0.39, 0.29) is 18.0 Å². The largest absolute Gasteiger partial charge is 0.465 e. The SMILES string of the molecule is COC(=O)c1ccc(CN2C(=O)C3(CC(C)=C[C@@H](C)O3)c3c(Br)cccc32)cc1. The van der Waals surface area contributed by atoms with Crippen LogP contribution in [-0.4, -0.2) is 25.1 Å². The van der Waals surface area contributed by atoms with Crippen LogP contribution in [0.3, 0.4) is 0 Å². The Morgan fingerprint density at radius 2 is 2.00 bits per heavy atom. The molecule has 6 heteroatoms. The average Bonchev–Trinajstić information content (AvgIpc) is 2.90. The van der Waals surface area contributed by atoms with Crippen molar-refractivity contribution in [3.63, 3.8) is 0 Å². The Kier molecular flexibility index (Phi) is 5.09. The molecule has 1 amide bonds. The van der Waals surface area contributed by atoms with Gasteiger partial charge in [0.2, 0.25) is 0 Å². The van der Waals surface area contributed by atoms with Crippen molar-refractivity contribution in [2.45, 2.75) is 38.5 Å². The highest BCUT2D eigenvalue weighted by atomic mass is 79.9. The molecule has 29 heavy (non-hydrogen) atoms. The third-order valence-electron chi connectivity index (χ3n) is 5.43. The molecule has 1 spiro atoms. The second kappa shape index (κ2) is 7.43. The molecule has 0 fully saturated rings. The lowest BCUT2D eigenvalue weighted by atomic mass is 9.85. The van der Waals surface area contributed by atoms with Crippen molar-refractivity contribution in [1.82, 2.24) is 0 Å². The lowest BCUT2D eigenvalue weighted by Gasteiger charge is -2.35. The molecular formula is C23H22BrNO4. The summed E-state index contributed by atoms with van der Waals surface area (Å²) in [5, 5.41) is 0. The summed E-state index contributed by atoms with van der Waals surface area (Å²) in [4.78, 5) is 27.1. The van der Waals surface area contributed by atoms with Crippen LogP contribution in [0.4, 0.5) is 5.69 Å². The standard InChI is InChI=1S/C23H22BrNO4/c1-14-11-15(2)29-23(12-14)20-18(24)5-4-6-19(20)25(22(23)27)13-16-7-9-17(10-8-16)21(26)28-3/h4-11,15H,12-13H2,1-3H3/t15-,23?/m1/s1. The van der Waals surface area contributed by atoms with Crippen molar-refractivity contribution >= 4 is 33.5 Å². The van der Waals surface area contributed by atoms with Gasteiger partial charge in [-0.25, -0.2) is 4.79 Å². The van der Waals surface area contributed by atoms with Gasteiger partial charge in [0.15, 0.2) is 5.60 Å². The van der Waals surface area contributed by atoms with E-state index in [9.17, 15) is 9.59 Å². The van der Waals surface area contributed by atoms with Gasteiger partial charge in [0.1, 0.15) is 0 Å². The van der Waals surface area contributed by atoms with E-state index in [1.807, 2.05) is 44.2 Å². The van der Waals surface area contributed by atoms with E-state index < -0.39 is 5.60 Å². The van der Waals surface area contributed by atoms with Crippen molar-refractivity contribution in [2.24, 2.45) is 0 Å². The number of benzene rings is 2. The number of amides is 1. The molecule has 0 aliphatic carbocycles. The smallest absolute Gasteiger partial charge is 0.337 e. The van der Waals surface area contributed by atoms with E-state index in [1.165, 1.54) is 7.11 Å². The second-order valence-electron chi connectivity index (χ2n) is 7.55. The molecule has 2 atom stereocenters. The third-order valence-corrected chi connectivity index (χ3v) is 6.09. The number of halogens is 1. The zero-order valence-electron chi connectivity index (χ0n) is 16.6. The number of carbonyl (C=O) groups excluding carboxylic acids is 2. The molecule has 0 saturated heterocycles. The van der Waals surface area contributed by atoms with Gasteiger partial charge in [0.05, 0.1) is 31.0 Å². The highest BCUT2D eigenvalue weighted by Crippen LogP contribution is 2.51. The number of anilines is 1. The van der Waals surface area contributed by atoms with E-state index in [2.05, 4.69) is 22.0 Å². The number of nitrogens with zero attached hydrogens (tertiary/aromatic N) is 1.